The zero-order valence-electron chi connectivity index (χ0n) is 16.3. The van der Waals surface area contributed by atoms with Crippen LogP contribution < -0.4 is 5.32 Å². The predicted molar refractivity (Wildman–Crippen MR) is 112 cm³/mol. The molecule has 2 aromatic carbocycles. The third-order valence-corrected chi connectivity index (χ3v) is 5.14. The van der Waals surface area contributed by atoms with Crippen LogP contribution in [0, 0.1) is 6.92 Å². The smallest absolute Gasteiger partial charge is 0.255 e. The van der Waals surface area contributed by atoms with Gasteiger partial charge in [0.15, 0.2) is 0 Å². The first kappa shape index (κ1) is 18.9. The number of carbonyl (C=O) groups is 1. The fourth-order valence-electron chi connectivity index (χ4n) is 3.36. The Morgan fingerprint density at radius 2 is 1.89 bits per heavy atom. The number of likely N-dealkylation sites (N-methyl/N-ethyl adjacent to an activating group) is 1. The summed E-state index contributed by atoms with van der Waals surface area (Å²) in [6.07, 6.45) is 3.88. The average Bonchev–Trinajstić information content (AvgIpc) is 3.12. The minimum absolute atomic E-state index is 0.0441. The Hall–Kier alpha value is -2.85. The number of nitrogens with one attached hydrogen (secondary N) is 1. The van der Waals surface area contributed by atoms with Crippen molar-refractivity contribution in [1.29, 1.82) is 0 Å². The van der Waals surface area contributed by atoms with Gasteiger partial charge in [0.05, 0.1) is 6.54 Å². The van der Waals surface area contributed by atoms with Gasteiger partial charge in [0, 0.05) is 25.8 Å². The minimum Gasteiger partial charge on any atom is -0.376 e. The summed E-state index contributed by atoms with van der Waals surface area (Å²) in [6, 6.07) is 14.6. The van der Waals surface area contributed by atoms with E-state index in [1.165, 1.54) is 11.1 Å². The number of aryl methyl sites for hydroxylation is 1. The lowest BCUT2D eigenvalue weighted by Crippen LogP contribution is -2.43. The van der Waals surface area contributed by atoms with Crippen LogP contribution in [-0.4, -0.2) is 29.5 Å². The summed E-state index contributed by atoms with van der Waals surface area (Å²) < 4.78 is 0. The van der Waals surface area contributed by atoms with E-state index < -0.39 is 0 Å². The van der Waals surface area contributed by atoms with Crippen LogP contribution in [0.1, 0.15) is 29.2 Å². The van der Waals surface area contributed by atoms with Crippen molar-refractivity contribution in [2.45, 2.75) is 26.9 Å². The van der Waals surface area contributed by atoms with Crippen molar-refractivity contribution in [2.24, 2.45) is 0 Å². The molecule has 0 fully saturated rings. The Balaban J connectivity index is 1.64. The Morgan fingerprint density at radius 3 is 2.48 bits per heavy atom. The standard InChI is InChI=1S/C23H27N3O/c1-5-18(6-2)19-12-11-17(3)22(13-19)24-14-23(27)25(4)26-15-20-9-7-8-10-21(20)16-26/h5-13,24H,1,14-16H2,2-4H3/b18-6+. The summed E-state index contributed by atoms with van der Waals surface area (Å²) in [5.41, 5.74) is 6.84. The molecule has 4 nitrogen and oxygen atoms in total. The van der Waals surface area contributed by atoms with Crippen LogP contribution in [0.25, 0.3) is 5.57 Å². The van der Waals surface area contributed by atoms with Crippen LogP contribution in [0.5, 0.6) is 0 Å². The molecule has 1 heterocycles. The molecule has 1 N–H and O–H groups in total. The number of hydrogen-bond acceptors (Lipinski definition) is 3. The van der Waals surface area contributed by atoms with Crippen molar-refractivity contribution in [3.8, 4) is 0 Å². The van der Waals surface area contributed by atoms with Gasteiger partial charge in [-0.05, 0) is 47.7 Å². The monoisotopic (exact) mass is 361 g/mol. The maximum absolute atomic E-state index is 12.7. The second-order valence-corrected chi connectivity index (χ2v) is 6.84. The molecule has 3 rings (SSSR count). The number of anilines is 1. The molecule has 140 valence electrons. The average molecular weight is 361 g/mol. The van der Waals surface area contributed by atoms with Crippen LogP contribution in [0.3, 0.4) is 0 Å². The second kappa shape index (κ2) is 8.23. The van der Waals surface area contributed by atoms with Crippen molar-refractivity contribution >= 4 is 17.2 Å². The predicted octanol–water partition coefficient (Wildman–Crippen LogP) is 4.39. The van der Waals surface area contributed by atoms with Gasteiger partial charge in [-0.15, -0.1) is 0 Å². The van der Waals surface area contributed by atoms with E-state index >= 15 is 0 Å². The van der Waals surface area contributed by atoms with Crippen LogP contribution in [0.15, 0.2) is 61.2 Å². The van der Waals surface area contributed by atoms with Crippen LogP contribution in [0.2, 0.25) is 0 Å². The van der Waals surface area contributed by atoms with Gasteiger partial charge in [-0.2, -0.15) is 0 Å². The number of rotatable bonds is 6. The highest BCUT2D eigenvalue weighted by molar-refractivity contribution is 5.81. The summed E-state index contributed by atoms with van der Waals surface area (Å²) in [6.45, 7) is 9.71. The second-order valence-electron chi connectivity index (χ2n) is 6.84. The van der Waals surface area contributed by atoms with Gasteiger partial charge >= 0.3 is 0 Å². The molecule has 0 atom stereocenters. The first-order valence-electron chi connectivity index (χ1n) is 9.25. The number of carbonyl (C=O) groups excluding carboxylic acids is 1. The number of hydrazine groups is 1. The topological polar surface area (TPSA) is 35.6 Å². The Bertz CT molecular complexity index is 860. The molecule has 1 aliphatic heterocycles. The highest BCUT2D eigenvalue weighted by atomic mass is 16.2. The summed E-state index contributed by atoms with van der Waals surface area (Å²) in [4.78, 5) is 12.7. The summed E-state index contributed by atoms with van der Waals surface area (Å²) in [5, 5.41) is 7.11. The normalized spacial score (nSPS) is 14.0. The van der Waals surface area contributed by atoms with Gasteiger partial charge in [0.25, 0.3) is 5.91 Å². The van der Waals surface area contributed by atoms with Crippen molar-refractivity contribution < 1.29 is 4.79 Å². The van der Waals surface area contributed by atoms with E-state index in [9.17, 15) is 4.79 Å². The highest BCUT2D eigenvalue weighted by Crippen LogP contribution is 2.24. The van der Waals surface area contributed by atoms with Gasteiger partial charge in [-0.3, -0.25) is 9.80 Å². The number of nitrogens with zero attached hydrogens (tertiary/aromatic N) is 2. The van der Waals surface area contributed by atoms with Crippen LogP contribution in [-0.2, 0) is 17.9 Å². The van der Waals surface area contributed by atoms with Crippen LogP contribution in [0.4, 0.5) is 5.69 Å². The lowest BCUT2D eigenvalue weighted by atomic mass is 10.0. The first-order chi connectivity index (χ1) is 13.0. The van der Waals surface area contributed by atoms with Crippen molar-refractivity contribution in [3.05, 3.63) is 83.4 Å². The number of benzene rings is 2. The van der Waals surface area contributed by atoms with E-state index in [0.29, 0.717) is 0 Å². The third kappa shape index (κ3) is 4.12. The fraction of sp³-hybridized carbons (Fsp3) is 0.261. The molecule has 27 heavy (non-hydrogen) atoms. The van der Waals surface area contributed by atoms with E-state index in [0.717, 1.165) is 35.5 Å². The summed E-state index contributed by atoms with van der Waals surface area (Å²) in [5.74, 6) is 0.0441. The molecule has 0 radical (unpaired) electrons. The van der Waals surface area contributed by atoms with E-state index in [-0.39, 0.29) is 12.5 Å². The molecular weight excluding hydrogens is 334 g/mol. The van der Waals surface area contributed by atoms with E-state index in [1.54, 1.807) is 5.01 Å². The van der Waals surface area contributed by atoms with E-state index in [2.05, 4.69) is 47.2 Å². The van der Waals surface area contributed by atoms with Gasteiger partial charge in [0.1, 0.15) is 0 Å². The molecule has 0 aromatic heterocycles. The lowest BCUT2D eigenvalue weighted by molar-refractivity contribution is -0.144. The number of fused-ring (bicyclic) bond motifs is 1. The first-order valence-corrected chi connectivity index (χ1v) is 9.25. The molecule has 1 aliphatic rings. The molecule has 0 unspecified atom stereocenters. The maximum atomic E-state index is 12.7. The molecule has 0 bridgehead atoms. The van der Waals surface area contributed by atoms with E-state index in [1.807, 2.05) is 45.2 Å². The van der Waals surface area contributed by atoms with Crippen molar-refractivity contribution in [1.82, 2.24) is 10.0 Å². The summed E-state index contributed by atoms with van der Waals surface area (Å²) in [7, 11) is 1.84. The Morgan fingerprint density at radius 1 is 1.22 bits per heavy atom. The zero-order valence-corrected chi connectivity index (χ0v) is 16.3. The zero-order chi connectivity index (χ0) is 19.4. The van der Waals surface area contributed by atoms with Crippen LogP contribution >= 0.6 is 0 Å². The Kier molecular flexibility index (Phi) is 5.77. The SMILES string of the molecule is C=C/C(=C\C)c1ccc(C)c(NCC(=O)N(C)N2Cc3ccccc3C2)c1. The number of amides is 1. The molecular formula is C23H27N3O. The number of allylic oxidation sites excluding steroid dienone is 3. The quantitative estimate of drug-likeness (QED) is 0.775. The van der Waals surface area contributed by atoms with Gasteiger partial charge in [0.2, 0.25) is 0 Å². The maximum Gasteiger partial charge on any atom is 0.255 e. The largest absolute Gasteiger partial charge is 0.376 e. The van der Waals surface area contributed by atoms with Crippen molar-refractivity contribution in [3.63, 3.8) is 0 Å². The van der Waals surface area contributed by atoms with Crippen molar-refractivity contribution in [2.75, 3.05) is 18.9 Å². The molecule has 0 spiro atoms. The van der Waals surface area contributed by atoms with Gasteiger partial charge in [-0.1, -0.05) is 55.1 Å². The third-order valence-electron chi connectivity index (χ3n) is 5.14. The number of hydrogen-bond donors (Lipinski definition) is 1. The molecule has 0 saturated heterocycles. The fourth-order valence-corrected chi connectivity index (χ4v) is 3.36. The van der Waals surface area contributed by atoms with Gasteiger partial charge in [-0.25, -0.2) is 5.01 Å². The lowest BCUT2D eigenvalue weighted by Gasteiger charge is -2.28. The van der Waals surface area contributed by atoms with E-state index in [4.69, 9.17) is 0 Å². The highest BCUT2D eigenvalue weighted by Gasteiger charge is 2.24. The summed E-state index contributed by atoms with van der Waals surface area (Å²) >= 11 is 0. The molecule has 2 aromatic rings. The Labute approximate surface area is 161 Å². The molecule has 0 saturated carbocycles. The molecule has 1 amide bonds. The minimum atomic E-state index is 0.0441. The molecule has 4 heteroatoms. The molecule has 0 aliphatic carbocycles. The van der Waals surface area contributed by atoms with Gasteiger partial charge < -0.3 is 5.32 Å².